The van der Waals surface area contributed by atoms with Gasteiger partial charge in [-0.1, -0.05) is 156 Å². The van der Waals surface area contributed by atoms with Crippen LogP contribution in [0.5, 0.6) is 0 Å². The molecule has 6 N–H and O–H groups in total. The molecule has 1 heterocycles. The first-order chi connectivity index (χ1) is 32.2. The fourth-order valence-corrected chi connectivity index (χ4v) is 7.37. The number of carbonyl (C=O) groups excluding carboxylic acids is 2. The van der Waals surface area contributed by atoms with E-state index < -0.39 is 49.5 Å². The molecule has 0 aromatic carbocycles. The molecule has 0 bridgehead atoms. The number of esters is 1. The van der Waals surface area contributed by atoms with Crippen LogP contribution in [-0.4, -0.2) is 100 Å². The lowest BCUT2D eigenvalue weighted by atomic mass is 9.99. The molecule has 1 saturated heterocycles. The Labute approximate surface area is 400 Å². The van der Waals surface area contributed by atoms with E-state index in [4.69, 9.17) is 14.2 Å². The standard InChI is InChI=1S/C55H93NO10/c1-3-5-7-9-11-13-14-15-16-17-20-23-27-31-35-39-43-51(60)64-44-40-36-32-28-24-21-18-19-22-26-30-34-38-42-50(59)56-47(48(58)41-37-33-29-25-12-10-8-6-4-2)46-65-55-54(63)53(62)52(61)49(45-57)66-55/h4,6,12-14,16-17,19,22,25,30,34,37,41,47-49,52-55,57-58,61-63H,3,5,7-11,15,18,20-21,23-24,26-29,31-33,35-36,38-40,42-46H2,1-2H3,(H,56,59)/b6-4+,14-13-,17-16-,22-19-,25-12+,34-30-,41-37+. The molecule has 1 rings (SSSR count). The van der Waals surface area contributed by atoms with Gasteiger partial charge in [0.05, 0.1) is 32.0 Å². The normalized spacial score (nSPS) is 20.4. The van der Waals surface area contributed by atoms with Gasteiger partial charge in [-0.2, -0.15) is 0 Å². The summed E-state index contributed by atoms with van der Waals surface area (Å²) in [6, 6.07) is -0.880. The second-order valence-corrected chi connectivity index (χ2v) is 17.5. The van der Waals surface area contributed by atoms with Gasteiger partial charge in [-0.05, 0) is 103 Å². The Morgan fingerprint density at radius 2 is 1.11 bits per heavy atom. The lowest BCUT2D eigenvalue weighted by molar-refractivity contribution is -0.302. The summed E-state index contributed by atoms with van der Waals surface area (Å²) in [4.78, 5) is 25.0. The molecule has 0 spiro atoms. The molecule has 378 valence electrons. The van der Waals surface area contributed by atoms with Crippen molar-refractivity contribution in [3.63, 3.8) is 0 Å². The average molecular weight is 928 g/mol. The predicted molar refractivity (Wildman–Crippen MR) is 269 cm³/mol. The van der Waals surface area contributed by atoms with E-state index in [1.165, 1.54) is 64.2 Å². The Hall–Kier alpha value is -3.16. The number of unbranched alkanes of at least 4 members (excludes halogenated alkanes) is 17. The van der Waals surface area contributed by atoms with Crippen LogP contribution < -0.4 is 5.32 Å². The molecule has 11 heteroatoms. The number of rotatable bonds is 42. The Morgan fingerprint density at radius 1 is 0.591 bits per heavy atom. The molecule has 0 saturated carbocycles. The van der Waals surface area contributed by atoms with Crippen molar-refractivity contribution >= 4 is 11.9 Å². The number of allylic oxidation sites excluding steroid dienone is 13. The summed E-state index contributed by atoms with van der Waals surface area (Å²) in [7, 11) is 0. The Balaban J connectivity index is 2.17. The highest BCUT2D eigenvalue weighted by Gasteiger charge is 2.44. The minimum Gasteiger partial charge on any atom is -0.466 e. The first-order valence-corrected chi connectivity index (χ1v) is 25.8. The molecule has 11 nitrogen and oxygen atoms in total. The summed E-state index contributed by atoms with van der Waals surface area (Å²) >= 11 is 0. The van der Waals surface area contributed by atoms with Gasteiger partial charge in [0.25, 0.3) is 0 Å². The highest BCUT2D eigenvalue weighted by molar-refractivity contribution is 5.76. The lowest BCUT2D eigenvalue weighted by Gasteiger charge is -2.40. The number of amides is 1. The van der Waals surface area contributed by atoms with E-state index in [0.717, 1.165) is 83.5 Å². The molecular formula is C55H93NO10. The third-order valence-corrected chi connectivity index (χ3v) is 11.5. The van der Waals surface area contributed by atoms with Crippen molar-refractivity contribution in [2.45, 2.75) is 230 Å². The number of carbonyl (C=O) groups is 2. The number of hydrogen-bond acceptors (Lipinski definition) is 10. The fraction of sp³-hybridized carbons (Fsp3) is 0.709. The van der Waals surface area contributed by atoms with E-state index in [1.54, 1.807) is 6.08 Å². The number of nitrogens with one attached hydrogen (secondary N) is 1. The van der Waals surface area contributed by atoms with Crippen molar-refractivity contribution in [3.8, 4) is 0 Å². The molecule has 0 aromatic heterocycles. The minimum atomic E-state index is -1.60. The minimum absolute atomic E-state index is 0.0567. The van der Waals surface area contributed by atoms with Crippen molar-refractivity contribution in [1.29, 1.82) is 0 Å². The average Bonchev–Trinajstić information content (AvgIpc) is 3.31. The second-order valence-electron chi connectivity index (χ2n) is 17.5. The first-order valence-electron chi connectivity index (χ1n) is 25.8. The van der Waals surface area contributed by atoms with Crippen LogP contribution in [0.25, 0.3) is 0 Å². The van der Waals surface area contributed by atoms with E-state index in [9.17, 15) is 35.1 Å². The van der Waals surface area contributed by atoms with Crippen molar-refractivity contribution in [2.24, 2.45) is 0 Å². The number of aliphatic hydroxyl groups excluding tert-OH is 5. The van der Waals surface area contributed by atoms with Crippen molar-refractivity contribution in [3.05, 3.63) is 85.1 Å². The summed E-state index contributed by atoms with van der Waals surface area (Å²) in [5.74, 6) is -0.341. The van der Waals surface area contributed by atoms with Crippen LogP contribution >= 0.6 is 0 Å². The predicted octanol–water partition coefficient (Wildman–Crippen LogP) is 10.7. The summed E-state index contributed by atoms with van der Waals surface area (Å²) < 4.78 is 16.6. The Bertz CT molecular complexity index is 1370. The zero-order valence-corrected chi connectivity index (χ0v) is 41.1. The molecular weight excluding hydrogens is 835 g/mol. The SMILES string of the molecule is C/C=C/CC/C=C/CC/C=C/C(O)C(COC1OC(CO)C(O)C(O)C1O)NC(=O)CC/C=C\C/C=C\CCCCCCCCOC(=O)CCCCCCC/C=C\C/C=C\CCCCCC. The van der Waals surface area contributed by atoms with Gasteiger partial charge in [-0.25, -0.2) is 0 Å². The second kappa shape index (κ2) is 44.4. The molecule has 1 aliphatic rings. The third kappa shape index (κ3) is 34.2. The quantitative estimate of drug-likeness (QED) is 0.0196. The van der Waals surface area contributed by atoms with Gasteiger partial charge in [-0.3, -0.25) is 9.59 Å². The molecule has 1 aliphatic heterocycles. The van der Waals surface area contributed by atoms with Crippen LogP contribution in [-0.2, 0) is 23.8 Å². The van der Waals surface area contributed by atoms with Gasteiger partial charge in [-0.15, -0.1) is 0 Å². The molecule has 7 unspecified atom stereocenters. The summed E-state index contributed by atoms with van der Waals surface area (Å²) in [5.41, 5.74) is 0. The van der Waals surface area contributed by atoms with E-state index in [2.05, 4.69) is 66.9 Å². The number of hydrogen-bond donors (Lipinski definition) is 6. The van der Waals surface area contributed by atoms with E-state index >= 15 is 0 Å². The highest BCUT2D eigenvalue weighted by atomic mass is 16.7. The maximum atomic E-state index is 12.9. The van der Waals surface area contributed by atoms with Crippen LogP contribution in [0, 0.1) is 0 Å². The van der Waals surface area contributed by atoms with Crippen LogP contribution in [0.15, 0.2) is 85.1 Å². The number of aliphatic hydroxyl groups is 5. The monoisotopic (exact) mass is 928 g/mol. The highest BCUT2D eigenvalue weighted by Crippen LogP contribution is 2.22. The molecule has 0 radical (unpaired) electrons. The van der Waals surface area contributed by atoms with E-state index in [-0.39, 0.29) is 24.9 Å². The summed E-state index contributed by atoms with van der Waals surface area (Å²) in [6.45, 7) is 3.93. The van der Waals surface area contributed by atoms with Crippen LogP contribution in [0.3, 0.4) is 0 Å². The summed E-state index contributed by atoms with van der Waals surface area (Å²) in [5, 5.41) is 53.9. The van der Waals surface area contributed by atoms with Crippen LogP contribution in [0.1, 0.15) is 187 Å². The van der Waals surface area contributed by atoms with Gasteiger partial charge < -0.3 is 45.1 Å². The van der Waals surface area contributed by atoms with Crippen molar-refractivity contribution < 1.29 is 49.3 Å². The van der Waals surface area contributed by atoms with Crippen molar-refractivity contribution in [2.75, 3.05) is 19.8 Å². The van der Waals surface area contributed by atoms with E-state index in [0.29, 0.717) is 25.9 Å². The molecule has 1 amide bonds. The van der Waals surface area contributed by atoms with Gasteiger partial charge in [0.2, 0.25) is 5.91 Å². The van der Waals surface area contributed by atoms with Gasteiger partial charge >= 0.3 is 5.97 Å². The molecule has 1 fully saturated rings. The van der Waals surface area contributed by atoms with Crippen LogP contribution in [0.2, 0.25) is 0 Å². The maximum absolute atomic E-state index is 12.9. The Morgan fingerprint density at radius 3 is 1.70 bits per heavy atom. The van der Waals surface area contributed by atoms with Gasteiger partial charge in [0.15, 0.2) is 6.29 Å². The zero-order valence-electron chi connectivity index (χ0n) is 41.1. The van der Waals surface area contributed by atoms with E-state index in [1.807, 2.05) is 31.2 Å². The Kier molecular flexibility index (Phi) is 40.9. The van der Waals surface area contributed by atoms with Gasteiger partial charge in [0, 0.05) is 12.8 Å². The lowest BCUT2D eigenvalue weighted by Crippen LogP contribution is -2.60. The first kappa shape index (κ1) is 60.9. The van der Waals surface area contributed by atoms with Crippen LogP contribution in [0.4, 0.5) is 0 Å². The molecule has 0 aliphatic carbocycles. The topological polar surface area (TPSA) is 175 Å². The van der Waals surface area contributed by atoms with Gasteiger partial charge in [0.1, 0.15) is 24.4 Å². The summed E-state index contributed by atoms with van der Waals surface area (Å²) in [6.07, 6.45) is 48.5. The third-order valence-electron chi connectivity index (χ3n) is 11.5. The zero-order chi connectivity index (χ0) is 48.1. The molecule has 66 heavy (non-hydrogen) atoms. The fourth-order valence-electron chi connectivity index (χ4n) is 7.37. The largest absolute Gasteiger partial charge is 0.466 e. The molecule has 0 aromatic rings. The number of ether oxygens (including phenoxy) is 3. The molecule has 7 atom stereocenters. The van der Waals surface area contributed by atoms with Crippen molar-refractivity contribution in [1.82, 2.24) is 5.32 Å². The maximum Gasteiger partial charge on any atom is 0.305 e. The smallest absolute Gasteiger partial charge is 0.305 e.